The summed E-state index contributed by atoms with van der Waals surface area (Å²) >= 11 is 0. The van der Waals surface area contributed by atoms with E-state index in [1.807, 2.05) is 25.0 Å². The van der Waals surface area contributed by atoms with Gasteiger partial charge in [0.1, 0.15) is 0 Å². The van der Waals surface area contributed by atoms with E-state index in [1.165, 1.54) is 31.4 Å². The number of aryl methyl sites for hydroxylation is 1. The maximum absolute atomic E-state index is 5.78. The van der Waals surface area contributed by atoms with Crippen LogP contribution in [-0.4, -0.2) is 35.6 Å². The first-order valence-electron chi connectivity index (χ1n) is 7.05. The lowest BCUT2D eigenvalue weighted by Gasteiger charge is -2.24. The summed E-state index contributed by atoms with van der Waals surface area (Å²) in [5.41, 5.74) is 1.17. The molecule has 1 N–H and O–H groups in total. The molecule has 1 aliphatic heterocycles. The van der Waals surface area contributed by atoms with Crippen molar-refractivity contribution in [3.8, 4) is 0 Å². The van der Waals surface area contributed by atoms with Crippen LogP contribution in [0.5, 0.6) is 0 Å². The fraction of sp³-hybridized carbons (Fsp3) is 0.786. The third kappa shape index (κ3) is 4.10. The van der Waals surface area contributed by atoms with E-state index in [2.05, 4.69) is 16.5 Å². The largest absolute Gasteiger partial charge is 0.378 e. The number of nitrogens with one attached hydrogen (secondary N) is 1. The quantitative estimate of drug-likeness (QED) is 0.839. The molecule has 2 atom stereocenters. The molecule has 1 aromatic heterocycles. The van der Waals surface area contributed by atoms with Crippen LogP contribution in [0.15, 0.2) is 12.3 Å². The molecule has 4 heteroatoms. The molecule has 2 rings (SSSR count). The number of nitrogens with zero attached hydrogens (tertiary/aromatic N) is 2. The van der Waals surface area contributed by atoms with Gasteiger partial charge in [0.25, 0.3) is 0 Å². The van der Waals surface area contributed by atoms with Crippen molar-refractivity contribution < 1.29 is 4.74 Å². The first-order chi connectivity index (χ1) is 8.78. The van der Waals surface area contributed by atoms with Crippen molar-refractivity contribution in [1.82, 2.24) is 15.1 Å². The van der Waals surface area contributed by atoms with Gasteiger partial charge in [0, 0.05) is 32.3 Å². The van der Waals surface area contributed by atoms with Gasteiger partial charge in [-0.05, 0) is 45.2 Å². The Morgan fingerprint density at radius 1 is 1.56 bits per heavy atom. The number of rotatable bonds is 6. The van der Waals surface area contributed by atoms with E-state index in [1.54, 1.807) is 0 Å². The zero-order valence-electron chi connectivity index (χ0n) is 11.6. The van der Waals surface area contributed by atoms with Crippen LogP contribution >= 0.6 is 0 Å². The summed E-state index contributed by atoms with van der Waals surface area (Å²) in [4.78, 5) is 0. The second-order valence-electron chi connectivity index (χ2n) is 5.24. The van der Waals surface area contributed by atoms with Gasteiger partial charge in [-0.3, -0.25) is 4.68 Å². The van der Waals surface area contributed by atoms with Crippen LogP contribution in [0.3, 0.4) is 0 Å². The summed E-state index contributed by atoms with van der Waals surface area (Å²) in [6.07, 6.45) is 9.62. The summed E-state index contributed by atoms with van der Waals surface area (Å²) in [6, 6.07) is 2.60. The Kier molecular flexibility index (Phi) is 5.20. The van der Waals surface area contributed by atoms with E-state index in [0.29, 0.717) is 12.1 Å². The molecule has 102 valence electrons. The van der Waals surface area contributed by atoms with Crippen molar-refractivity contribution in [3.63, 3.8) is 0 Å². The van der Waals surface area contributed by atoms with Crippen LogP contribution in [0, 0.1) is 0 Å². The number of ether oxygens (including phenoxy) is 1. The molecule has 2 unspecified atom stereocenters. The maximum Gasteiger partial charge on any atom is 0.0639 e. The highest BCUT2D eigenvalue weighted by Crippen LogP contribution is 2.18. The van der Waals surface area contributed by atoms with Crippen molar-refractivity contribution in [2.75, 3.05) is 13.7 Å². The molecule has 0 spiro atoms. The Balaban J connectivity index is 1.74. The van der Waals surface area contributed by atoms with Crippen molar-refractivity contribution in [2.45, 2.75) is 50.7 Å². The molecule has 4 nitrogen and oxygen atoms in total. The van der Waals surface area contributed by atoms with Gasteiger partial charge in [-0.1, -0.05) is 0 Å². The lowest BCUT2D eigenvalue weighted by Crippen LogP contribution is -2.30. The van der Waals surface area contributed by atoms with Gasteiger partial charge >= 0.3 is 0 Å². The van der Waals surface area contributed by atoms with Gasteiger partial charge < -0.3 is 10.1 Å². The van der Waals surface area contributed by atoms with Crippen molar-refractivity contribution >= 4 is 0 Å². The van der Waals surface area contributed by atoms with Gasteiger partial charge in [-0.2, -0.15) is 5.10 Å². The SMILES string of the molecule is CNC(CCC1CCCCO1)Cc1ccn(C)n1. The van der Waals surface area contributed by atoms with Crippen LogP contribution in [-0.2, 0) is 18.2 Å². The predicted octanol–water partition coefficient (Wildman–Crippen LogP) is 1.90. The van der Waals surface area contributed by atoms with E-state index in [4.69, 9.17) is 4.74 Å². The van der Waals surface area contributed by atoms with Gasteiger partial charge in [0.2, 0.25) is 0 Å². The second-order valence-corrected chi connectivity index (χ2v) is 5.24. The van der Waals surface area contributed by atoms with Crippen LogP contribution < -0.4 is 5.32 Å². The van der Waals surface area contributed by atoms with Crippen LogP contribution in [0.1, 0.15) is 37.8 Å². The molecular formula is C14H25N3O. The monoisotopic (exact) mass is 251 g/mol. The molecule has 1 aromatic rings. The van der Waals surface area contributed by atoms with Gasteiger partial charge in [-0.25, -0.2) is 0 Å². The lowest BCUT2D eigenvalue weighted by molar-refractivity contribution is 0.00868. The van der Waals surface area contributed by atoms with Crippen LogP contribution in [0.25, 0.3) is 0 Å². The van der Waals surface area contributed by atoms with E-state index in [-0.39, 0.29) is 0 Å². The average Bonchev–Trinajstić information content (AvgIpc) is 2.81. The molecule has 0 amide bonds. The minimum Gasteiger partial charge on any atom is -0.378 e. The molecule has 1 saturated heterocycles. The number of likely N-dealkylation sites (N-methyl/N-ethyl adjacent to an activating group) is 1. The summed E-state index contributed by atoms with van der Waals surface area (Å²) in [6.45, 7) is 0.953. The standard InChI is InChI=1S/C14H25N3O/c1-15-12(11-13-8-9-17(2)16-13)6-7-14-5-3-4-10-18-14/h8-9,12,14-15H,3-7,10-11H2,1-2H3. The topological polar surface area (TPSA) is 39.1 Å². The Bertz CT molecular complexity index is 345. The lowest BCUT2D eigenvalue weighted by atomic mass is 9.99. The second kappa shape index (κ2) is 6.90. The van der Waals surface area contributed by atoms with Crippen LogP contribution in [0.4, 0.5) is 0 Å². The highest BCUT2D eigenvalue weighted by atomic mass is 16.5. The molecule has 0 aliphatic carbocycles. The fourth-order valence-corrected chi connectivity index (χ4v) is 2.60. The minimum atomic E-state index is 0.485. The maximum atomic E-state index is 5.78. The number of aromatic nitrogens is 2. The molecule has 2 heterocycles. The molecule has 0 aromatic carbocycles. The highest BCUT2D eigenvalue weighted by molar-refractivity contribution is 5.01. The zero-order valence-corrected chi connectivity index (χ0v) is 11.6. The first kappa shape index (κ1) is 13.6. The Morgan fingerprint density at radius 2 is 2.44 bits per heavy atom. The fourth-order valence-electron chi connectivity index (χ4n) is 2.60. The van der Waals surface area contributed by atoms with Gasteiger partial charge in [0.05, 0.1) is 11.8 Å². The third-order valence-electron chi connectivity index (χ3n) is 3.74. The highest BCUT2D eigenvalue weighted by Gasteiger charge is 2.16. The molecule has 0 bridgehead atoms. The third-order valence-corrected chi connectivity index (χ3v) is 3.74. The first-order valence-corrected chi connectivity index (χ1v) is 7.05. The molecular weight excluding hydrogens is 226 g/mol. The molecule has 1 fully saturated rings. The van der Waals surface area contributed by atoms with Gasteiger partial charge in [0.15, 0.2) is 0 Å². The van der Waals surface area contributed by atoms with Gasteiger partial charge in [-0.15, -0.1) is 0 Å². The van der Waals surface area contributed by atoms with E-state index < -0.39 is 0 Å². The van der Waals surface area contributed by atoms with Crippen molar-refractivity contribution in [3.05, 3.63) is 18.0 Å². The van der Waals surface area contributed by atoms with Crippen molar-refractivity contribution in [1.29, 1.82) is 0 Å². The van der Waals surface area contributed by atoms with Crippen molar-refractivity contribution in [2.24, 2.45) is 7.05 Å². The van der Waals surface area contributed by atoms with Crippen LogP contribution in [0.2, 0.25) is 0 Å². The molecule has 0 radical (unpaired) electrons. The van der Waals surface area contributed by atoms with E-state index in [9.17, 15) is 0 Å². The normalized spacial score (nSPS) is 22.0. The zero-order chi connectivity index (χ0) is 12.8. The summed E-state index contributed by atoms with van der Waals surface area (Å²) in [5.74, 6) is 0. The molecule has 0 saturated carbocycles. The number of hydrogen-bond donors (Lipinski definition) is 1. The summed E-state index contributed by atoms with van der Waals surface area (Å²) < 4.78 is 7.65. The number of hydrogen-bond acceptors (Lipinski definition) is 3. The Hall–Kier alpha value is -0.870. The van der Waals surface area contributed by atoms with E-state index >= 15 is 0 Å². The predicted molar refractivity (Wildman–Crippen MR) is 72.6 cm³/mol. The van der Waals surface area contributed by atoms with E-state index in [0.717, 1.165) is 19.4 Å². The summed E-state index contributed by atoms with van der Waals surface area (Å²) in [5, 5.41) is 7.83. The molecule has 18 heavy (non-hydrogen) atoms. The molecule has 1 aliphatic rings. The Morgan fingerprint density at radius 3 is 3.06 bits per heavy atom. The Labute approximate surface area is 110 Å². The minimum absolute atomic E-state index is 0.485. The smallest absolute Gasteiger partial charge is 0.0639 e. The average molecular weight is 251 g/mol. The summed E-state index contributed by atoms with van der Waals surface area (Å²) in [7, 11) is 4.00.